The Hall–Kier alpha value is -2.46. The van der Waals surface area contributed by atoms with Gasteiger partial charge in [0.1, 0.15) is 12.4 Å². The Kier molecular flexibility index (Phi) is 11.6. The maximum absolute atomic E-state index is 13.2. The van der Waals surface area contributed by atoms with Crippen molar-refractivity contribution < 1.29 is 22.7 Å². The van der Waals surface area contributed by atoms with Crippen molar-refractivity contribution >= 4 is 15.9 Å². The van der Waals surface area contributed by atoms with Crippen LogP contribution in [0.15, 0.2) is 59.5 Å². The topological polar surface area (TPSA) is 88.2 Å². The predicted molar refractivity (Wildman–Crippen MR) is 161 cm³/mol. The van der Waals surface area contributed by atoms with E-state index in [1.807, 2.05) is 0 Å². The zero-order valence-corrected chi connectivity index (χ0v) is 25.7. The van der Waals surface area contributed by atoms with Gasteiger partial charge in [-0.25, -0.2) is 8.42 Å². The zero-order chi connectivity index (χ0) is 29.2. The fourth-order valence-electron chi connectivity index (χ4n) is 6.42. The van der Waals surface area contributed by atoms with E-state index in [-0.39, 0.29) is 30.1 Å². The molecule has 1 aliphatic heterocycles. The van der Waals surface area contributed by atoms with Gasteiger partial charge in [-0.3, -0.25) is 4.79 Å². The van der Waals surface area contributed by atoms with Crippen LogP contribution < -0.4 is 10.1 Å². The third-order valence-electron chi connectivity index (χ3n) is 8.79. The molecule has 0 radical (unpaired) electrons. The van der Waals surface area contributed by atoms with E-state index >= 15 is 0 Å². The average molecular weight is 586 g/mol. The van der Waals surface area contributed by atoms with E-state index < -0.39 is 10.0 Å². The average Bonchev–Trinajstić information content (AvgIpc) is 3.47. The molecule has 41 heavy (non-hydrogen) atoms. The van der Waals surface area contributed by atoms with Crippen LogP contribution in [0.2, 0.25) is 0 Å². The van der Waals surface area contributed by atoms with Crippen LogP contribution in [0, 0.1) is 11.8 Å². The second-order valence-electron chi connectivity index (χ2n) is 11.7. The molecule has 0 aromatic heterocycles. The lowest BCUT2D eigenvalue weighted by Gasteiger charge is -2.37. The fourth-order valence-corrected chi connectivity index (χ4v) is 8.10. The molecular weight excluding hydrogens is 538 g/mol. The highest BCUT2D eigenvalue weighted by molar-refractivity contribution is 7.89. The molecule has 1 heterocycles. The summed E-state index contributed by atoms with van der Waals surface area (Å²) < 4.78 is 38.7. The summed E-state index contributed by atoms with van der Waals surface area (Å²) in [5.41, 5.74) is 1.40. The van der Waals surface area contributed by atoms with Gasteiger partial charge in [-0.05, 0) is 107 Å². The van der Waals surface area contributed by atoms with Crippen LogP contribution in [0.4, 0.5) is 0 Å². The second-order valence-corrected chi connectivity index (χ2v) is 13.6. The van der Waals surface area contributed by atoms with Gasteiger partial charge >= 0.3 is 0 Å². The van der Waals surface area contributed by atoms with E-state index in [2.05, 4.69) is 54.6 Å². The highest BCUT2D eigenvalue weighted by atomic mass is 32.2. The van der Waals surface area contributed by atoms with E-state index in [4.69, 9.17) is 9.47 Å². The lowest BCUT2D eigenvalue weighted by atomic mass is 9.76. The van der Waals surface area contributed by atoms with Gasteiger partial charge in [-0.1, -0.05) is 30.3 Å². The molecule has 2 atom stereocenters. The minimum absolute atomic E-state index is 0.0511. The van der Waals surface area contributed by atoms with Crippen molar-refractivity contribution in [2.24, 2.45) is 11.8 Å². The second kappa shape index (κ2) is 15.1. The monoisotopic (exact) mass is 585 g/mol. The first-order chi connectivity index (χ1) is 19.8. The van der Waals surface area contributed by atoms with Crippen LogP contribution in [0.1, 0.15) is 50.5 Å². The van der Waals surface area contributed by atoms with Crippen molar-refractivity contribution in [1.82, 2.24) is 14.5 Å². The Morgan fingerprint density at radius 2 is 1.73 bits per heavy atom. The maximum atomic E-state index is 13.2. The number of nitrogens with one attached hydrogen (secondary N) is 1. The number of ether oxygens (including phenoxy) is 2. The van der Waals surface area contributed by atoms with Crippen molar-refractivity contribution in [3.05, 3.63) is 60.2 Å². The molecule has 1 N–H and O–H groups in total. The molecule has 2 fully saturated rings. The number of hydrogen-bond donors (Lipinski definition) is 1. The van der Waals surface area contributed by atoms with E-state index in [1.165, 1.54) is 29.1 Å². The first-order valence-corrected chi connectivity index (χ1v) is 16.4. The molecule has 2 unspecified atom stereocenters. The van der Waals surface area contributed by atoms with Gasteiger partial charge in [0.2, 0.25) is 15.9 Å². The van der Waals surface area contributed by atoms with Crippen LogP contribution in [0.5, 0.6) is 5.75 Å². The Morgan fingerprint density at radius 3 is 2.39 bits per heavy atom. The number of nitrogens with zero attached hydrogens (tertiary/aromatic N) is 2. The molecule has 1 amide bonds. The normalized spacial score (nSPS) is 22.5. The molecule has 0 bridgehead atoms. The summed E-state index contributed by atoms with van der Waals surface area (Å²) in [4.78, 5) is 15.1. The van der Waals surface area contributed by atoms with Gasteiger partial charge in [-0.15, -0.1) is 0 Å². The van der Waals surface area contributed by atoms with Crippen LogP contribution in [0.25, 0.3) is 0 Å². The van der Waals surface area contributed by atoms with E-state index in [9.17, 15) is 13.2 Å². The number of rotatable bonds is 14. The molecule has 1 saturated carbocycles. The fraction of sp³-hybridized carbons (Fsp3) is 0.594. The van der Waals surface area contributed by atoms with Crippen molar-refractivity contribution in [1.29, 1.82) is 0 Å². The van der Waals surface area contributed by atoms with Crippen molar-refractivity contribution in [3.8, 4) is 5.75 Å². The van der Waals surface area contributed by atoms with E-state index in [0.29, 0.717) is 36.7 Å². The quantitative estimate of drug-likeness (QED) is 0.355. The molecule has 4 rings (SSSR count). The first-order valence-electron chi connectivity index (χ1n) is 15.0. The van der Waals surface area contributed by atoms with Gasteiger partial charge in [0.15, 0.2) is 0 Å². The lowest BCUT2D eigenvalue weighted by molar-refractivity contribution is -0.126. The lowest BCUT2D eigenvalue weighted by Crippen LogP contribution is -2.40. The third kappa shape index (κ3) is 8.77. The van der Waals surface area contributed by atoms with Crippen LogP contribution in [0.3, 0.4) is 0 Å². The Morgan fingerprint density at radius 1 is 1.02 bits per heavy atom. The van der Waals surface area contributed by atoms with Gasteiger partial charge in [0.25, 0.3) is 0 Å². The van der Waals surface area contributed by atoms with Crippen molar-refractivity contribution in [2.45, 2.75) is 68.3 Å². The number of sulfonamides is 1. The van der Waals surface area contributed by atoms with Gasteiger partial charge in [0.05, 0.1) is 18.6 Å². The standard InChI is InChI=1S/C32H47N3O5S/c1-34(2)31(20-13-25-8-5-4-6-9-25)27-14-11-26(12-15-27)22-33-32(36)24-40-23-28-10-7-21-35(28)41(37,38)30-18-16-29(39-3)17-19-30/h4-6,8-9,16-19,26-28,31H,7,10-15,20-24H2,1-3H3,(H,33,36). The molecule has 2 aromatic rings. The summed E-state index contributed by atoms with van der Waals surface area (Å²) in [5.74, 6) is 1.66. The number of amides is 1. The number of carbonyl (C=O) groups is 1. The highest BCUT2D eigenvalue weighted by Crippen LogP contribution is 2.33. The molecular formula is C32H47N3O5S. The third-order valence-corrected chi connectivity index (χ3v) is 10.8. The van der Waals surface area contributed by atoms with Crippen LogP contribution >= 0.6 is 0 Å². The van der Waals surface area contributed by atoms with Crippen LogP contribution in [-0.4, -0.2) is 83.1 Å². The van der Waals surface area contributed by atoms with E-state index in [1.54, 1.807) is 31.4 Å². The largest absolute Gasteiger partial charge is 0.497 e. The van der Waals surface area contributed by atoms with E-state index in [0.717, 1.165) is 32.1 Å². The molecule has 9 heteroatoms. The molecule has 1 saturated heterocycles. The number of methoxy groups -OCH3 is 1. The molecule has 1 aliphatic carbocycles. The van der Waals surface area contributed by atoms with Crippen molar-refractivity contribution in [2.75, 3.05) is 47.5 Å². The molecule has 226 valence electrons. The molecule has 0 spiro atoms. The number of carbonyl (C=O) groups excluding carboxylic acids is 1. The van der Waals surface area contributed by atoms with Gasteiger partial charge < -0.3 is 19.7 Å². The smallest absolute Gasteiger partial charge is 0.246 e. The summed E-state index contributed by atoms with van der Waals surface area (Å²) in [6.45, 7) is 1.29. The number of benzene rings is 2. The Bertz CT molecular complexity index is 1180. The zero-order valence-electron chi connectivity index (χ0n) is 24.8. The minimum atomic E-state index is -3.63. The summed E-state index contributed by atoms with van der Waals surface area (Å²) in [7, 11) is 2.31. The van der Waals surface area contributed by atoms with Gasteiger partial charge in [-0.2, -0.15) is 4.31 Å². The Balaban J connectivity index is 1.15. The molecule has 2 aliphatic rings. The first kappa shape index (κ1) is 31.5. The maximum Gasteiger partial charge on any atom is 0.246 e. The van der Waals surface area contributed by atoms with Gasteiger partial charge in [0, 0.05) is 25.2 Å². The number of aryl methyl sites for hydroxylation is 1. The summed E-state index contributed by atoms with van der Waals surface area (Å²) in [6, 6.07) is 17.5. The molecule has 2 aromatic carbocycles. The molecule has 8 nitrogen and oxygen atoms in total. The summed E-state index contributed by atoms with van der Waals surface area (Å²) in [5, 5.41) is 3.05. The highest BCUT2D eigenvalue weighted by Gasteiger charge is 2.35. The summed E-state index contributed by atoms with van der Waals surface area (Å²) in [6.07, 6.45) is 8.40. The SMILES string of the molecule is COc1ccc(S(=O)(=O)N2CCCC2COCC(=O)NCC2CCC(C(CCc3ccccc3)N(C)C)CC2)cc1. The Labute approximate surface area is 246 Å². The van der Waals surface area contributed by atoms with Crippen molar-refractivity contribution in [3.63, 3.8) is 0 Å². The predicted octanol–water partition coefficient (Wildman–Crippen LogP) is 4.35. The summed E-state index contributed by atoms with van der Waals surface area (Å²) >= 11 is 0. The minimum Gasteiger partial charge on any atom is -0.497 e. The van der Waals surface area contributed by atoms with Crippen LogP contribution in [-0.2, 0) is 26.0 Å². The number of hydrogen-bond acceptors (Lipinski definition) is 6.